The smallest absolute Gasteiger partial charge is 0.00753 e. The van der Waals surface area contributed by atoms with Crippen molar-refractivity contribution in [2.24, 2.45) is 0 Å². The molecule has 1 aliphatic rings. The first kappa shape index (κ1) is 12.6. The first-order valence-corrected chi connectivity index (χ1v) is 6.97. The minimum atomic E-state index is 0.281. The highest BCUT2D eigenvalue weighted by Gasteiger charge is 2.25. The number of hydrogen-bond acceptors (Lipinski definition) is 1. The van der Waals surface area contributed by atoms with Gasteiger partial charge in [-0.05, 0) is 36.8 Å². The summed E-state index contributed by atoms with van der Waals surface area (Å²) >= 11 is 0. The molecule has 1 heterocycles. The Labute approximate surface area is 106 Å². The second kappa shape index (κ2) is 5.68. The minimum absolute atomic E-state index is 0.281. The van der Waals surface area contributed by atoms with E-state index >= 15 is 0 Å². The maximum atomic E-state index is 3.71. The molecule has 1 N–H and O–H groups in total. The zero-order valence-electron chi connectivity index (χ0n) is 11.2. The molecule has 1 unspecified atom stereocenters. The first-order chi connectivity index (χ1) is 8.18. The number of hydrogen-bond donors (Lipinski definition) is 1. The molecule has 1 saturated heterocycles. The lowest BCUT2D eigenvalue weighted by Crippen LogP contribution is -2.34. The zero-order chi connectivity index (χ0) is 12.1. The van der Waals surface area contributed by atoms with Crippen LogP contribution in [-0.2, 0) is 5.41 Å². The van der Waals surface area contributed by atoms with Crippen LogP contribution in [-0.4, -0.2) is 12.6 Å². The van der Waals surface area contributed by atoms with Gasteiger partial charge in [-0.3, -0.25) is 0 Å². The van der Waals surface area contributed by atoms with Crippen molar-refractivity contribution in [1.82, 2.24) is 5.32 Å². The van der Waals surface area contributed by atoms with Crippen molar-refractivity contribution in [3.63, 3.8) is 0 Å². The molecule has 1 atom stereocenters. The van der Waals surface area contributed by atoms with E-state index in [2.05, 4.69) is 49.5 Å². The summed E-state index contributed by atoms with van der Waals surface area (Å²) in [7, 11) is 0. The van der Waals surface area contributed by atoms with Crippen LogP contribution in [0.2, 0.25) is 0 Å². The van der Waals surface area contributed by atoms with E-state index in [4.69, 9.17) is 0 Å². The van der Waals surface area contributed by atoms with Gasteiger partial charge in [-0.25, -0.2) is 0 Å². The summed E-state index contributed by atoms with van der Waals surface area (Å²) in [5.41, 5.74) is 1.74. The van der Waals surface area contributed by atoms with E-state index < -0.39 is 0 Å². The van der Waals surface area contributed by atoms with E-state index in [0.717, 1.165) is 0 Å². The third-order valence-electron chi connectivity index (χ3n) is 3.97. The Hall–Kier alpha value is -0.820. The number of benzene rings is 1. The molecule has 0 spiro atoms. The fourth-order valence-electron chi connectivity index (χ4n) is 2.90. The molecule has 1 aliphatic heterocycles. The van der Waals surface area contributed by atoms with E-state index in [0.29, 0.717) is 6.04 Å². The highest BCUT2D eigenvalue weighted by molar-refractivity contribution is 5.23. The van der Waals surface area contributed by atoms with Gasteiger partial charge in [0, 0.05) is 6.04 Å². The predicted octanol–water partition coefficient (Wildman–Crippen LogP) is 3.89. The van der Waals surface area contributed by atoms with Gasteiger partial charge < -0.3 is 5.32 Å². The standard InChI is InChI=1S/C16H25N/c1-16(2,14-9-5-3-6-10-14)13-15-11-7-4-8-12-17-15/h3,5-6,9-10,15,17H,4,7-8,11-13H2,1-2H3. The summed E-state index contributed by atoms with van der Waals surface area (Å²) in [6.07, 6.45) is 6.73. The van der Waals surface area contributed by atoms with Gasteiger partial charge in [-0.15, -0.1) is 0 Å². The summed E-state index contributed by atoms with van der Waals surface area (Å²) < 4.78 is 0. The summed E-state index contributed by atoms with van der Waals surface area (Å²) in [4.78, 5) is 0. The summed E-state index contributed by atoms with van der Waals surface area (Å²) in [6.45, 7) is 5.94. The molecule has 0 radical (unpaired) electrons. The van der Waals surface area contributed by atoms with Gasteiger partial charge in [0.25, 0.3) is 0 Å². The maximum Gasteiger partial charge on any atom is 0.00753 e. The Morgan fingerprint density at radius 3 is 2.65 bits per heavy atom. The molecule has 1 fully saturated rings. The van der Waals surface area contributed by atoms with Gasteiger partial charge >= 0.3 is 0 Å². The molecule has 17 heavy (non-hydrogen) atoms. The molecule has 0 aromatic heterocycles. The first-order valence-electron chi connectivity index (χ1n) is 6.97. The molecule has 0 amide bonds. The normalized spacial score (nSPS) is 22.1. The molecule has 1 nitrogen and oxygen atoms in total. The summed E-state index contributed by atoms with van der Waals surface area (Å²) in [5.74, 6) is 0. The van der Waals surface area contributed by atoms with Crippen LogP contribution in [0.4, 0.5) is 0 Å². The van der Waals surface area contributed by atoms with Crippen LogP contribution in [0.1, 0.15) is 51.5 Å². The Bertz CT molecular complexity index is 321. The van der Waals surface area contributed by atoms with E-state index in [-0.39, 0.29) is 5.41 Å². The van der Waals surface area contributed by atoms with Crippen molar-refractivity contribution < 1.29 is 0 Å². The molecule has 0 aliphatic carbocycles. The Balaban J connectivity index is 2.01. The monoisotopic (exact) mass is 231 g/mol. The highest BCUT2D eigenvalue weighted by atomic mass is 14.9. The van der Waals surface area contributed by atoms with Crippen LogP contribution < -0.4 is 5.32 Å². The van der Waals surface area contributed by atoms with Crippen LogP contribution in [0.25, 0.3) is 0 Å². The Morgan fingerprint density at radius 2 is 1.88 bits per heavy atom. The highest BCUT2D eigenvalue weighted by Crippen LogP contribution is 2.30. The van der Waals surface area contributed by atoms with Gasteiger partial charge in [0.05, 0.1) is 0 Å². The maximum absolute atomic E-state index is 3.71. The van der Waals surface area contributed by atoms with Gasteiger partial charge in [-0.1, -0.05) is 57.0 Å². The molecule has 1 heteroatoms. The molecule has 0 saturated carbocycles. The quantitative estimate of drug-likeness (QED) is 0.832. The second-order valence-electron chi connectivity index (χ2n) is 5.95. The molecule has 1 aromatic rings. The average Bonchev–Trinajstić information content (AvgIpc) is 2.58. The fourth-order valence-corrected chi connectivity index (χ4v) is 2.90. The SMILES string of the molecule is CC(C)(CC1CCCCCN1)c1ccccc1. The zero-order valence-corrected chi connectivity index (χ0v) is 11.2. The number of nitrogens with one attached hydrogen (secondary N) is 1. The molecular formula is C16H25N. The van der Waals surface area contributed by atoms with E-state index in [1.165, 1.54) is 44.2 Å². The third-order valence-corrected chi connectivity index (χ3v) is 3.97. The van der Waals surface area contributed by atoms with Gasteiger partial charge in [0.2, 0.25) is 0 Å². The topological polar surface area (TPSA) is 12.0 Å². The lowest BCUT2D eigenvalue weighted by atomic mass is 9.78. The van der Waals surface area contributed by atoms with Crippen molar-refractivity contribution in [3.8, 4) is 0 Å². The van der Waals surface area contributed by atoms with Crippen LogP contribution in [0, 0.1) is 0 Å². The summed E-state index contributed by atoms with van der Waals surface area (Å²) in [5, 5.41) is 3.71. The van der Waals surface area contributed by atoms with Crippen molar-refractivity contribution in [2.45, 2.75) is 57.4 Å². The molecule has 2 rings (SSSR count). The molecule has 94 valence electrons. The largest absolute Gasteiger partial charge is 0.314 e. The Morgan fingerprint density at radius 1 is 1.12 bits per heavy atom. The van der Waals surface area contributed by atoms with Crippen molar-refractivity contribution in [1.29, 1.82) is 0 Å². The van der Waals surface area contributed by atoms with Crippen LogP contribution in [0.15, 0.2) is 30.3 Å². The molecule has 1 aromatic carbocycles. The predicted molar refractivity (Wildman–Crippen MR) is 74.3 cm³/mol. The molecular weight excluding hydrogens is 206 g/mol. The van der Waals surface area contributed by atoms with E-state index in [9.17, 15) is 0 Å². The third kappa shape index (κ3) is 3.57. The minimum Gasteiger partial charge on any atom is -0.314 e. The number of rotatable bonds is 3. The van der Waals surface area contributed by atoms with Crippen LogP contribution >= 0.6 is 0 Å². The van der Waals surface area contributed by atoms with E-state index in [1.807, 2.05) is 0 Å². The second-order valence-corrected chi connectivity index (χ2v) is 5.95. The van der Waals surface area contributed by atoms with Crippen LogP contribution in [0.5, 0.6) is 0 Å². The van der Waals surface area contributed by atoms with Crippen molar-refractivity contribution >= 4 is 0 Å². The summed E-state index contributed by atoms with van der Waals surface area (Å²) in [6, 6.07) is 11.6. The lowest BCUT2D eigenvalue weighted by molar-refractivity contribution is 0.368. The van der Waals surface area contributed by atoms with E-state index in [1.54, 1.807) is 0 Å². The average molecular weight is 231 g/mol. The fraction of sp³-hybridized carbons (Fsp3) is 0.625. The Kier molecular flexibility index (Phi) is 4.22. The van der Waals surface area contributed by atoms with Crippen molar-refractivity contribution in [2.75, 3.05) is 6.54 Å². The van der Waals surface area contributed by atoms with Gasteiger partial charge in [0.1, 0.15) is 0 Å². The van der Waals surface area contributed by atoms with Gasteiger partial charge in [0.15, 0.2) is 0 Å². The van der Waals surface area contributed by atoms with Gasteiger partial charge in [-0.2, -0.15) is 0 Å². The van der Waals surface area contributed by atoms with Crippen molar-refractivity contribution in [3.05, 3.63) is 35.9 Å². The molecule has 0 bridgehead atoms. The van der Waals surface area contributed by atoms with Crippen LogP contribution in [0.3, 0.4) is 0 Å². The lowest BCUT2D eigenvalue weighted by Gasteiger charge is -2.30.